The molecule has 0 bridgehead atoms. The number of aromatic amines is 1. The standard InChI is InChI=1S/C9H11N3O/c1-2-3-9(13)10-5-4-8-6-11-12-7-8/h6-7H,4-5H2,1H3,(H,10,13)(H,11,12). The van der Waals surface area contributed by atoms with E-state index >= 15 is 0 Å². The molecule has 0 spiro atoms. The highest BCUT2D eigenvalue weighted by atomic mass is 16.1. The molecule has 1 aromatic rings. The molecule has 1 aromatic heterocycles. The van der Waals surface area contributed by atoms with E-state index in [-0.39, 0.29) is 5.91 Å². The highest BCUT2D eigenvalue weighted by molar-refractivity contribution is 5.93. The van der Waals surface area contributed by atoms with E-state index in [2.05, 4.69) is 27.4 Å². The van der Waals surface area contributed by atoms with Crippen molar-refractivity contribution in [2.24, 2.45) is 0 Å². The summed E-state index contributed by atoms with van der Waals surface area (Å²) < 4.78 is 0. The zero-order valence-electron chi connectivity index (χ0n) is 7.42. The monoisotopic (exact) mass is 177 g/mol. The number of amides is 1. The molecule has 4 heteroatoms. The minimum Gasteiger partial charge on any atom is -0.345 e. The van der Waals surface area contributed by atoms with Crippen molar-refractivity contribution in [3.63, 3.8) is 0 Å². The molecular weight excluding hydrogens is 166 g/mol. The molecule has 1 rings (SSSR count). The van der Waals surface area contributed by atoms with Gasteiger partial charge in [0.2, 0.25) is 0 Å². The maximum atomic E-state index is 10.9. The van der Waals surface area contributed by atoms with Gasteiger partial charge < -0.3 is 5.32 Å². The van der Waals surface area contributed by atoms with E-state index < -0.39 is 0 Å². The number of hydrogen-bond donors (Lipinski definition) is 2. The summed E-state index contributed by atoms with van der Waals surface area (Å²) in [5, 5.41) is 9.16. The van der Waals surface area contributed by atoms with E-state index in [1.807, 2.05) is 0 Å². The third-order valence-electron chi connectivity index (χ3n) is 1.49. The van der Waals surface area contributed by atoms with E-state index in [0.717, 1.165) is 12.0 Å². The summed E-state index contributed by atoms with van der Waals surface area (Å²) >= 11 is 0. The number of nitrogens with zero attached hydrogens (tertiary/aromatic N) is 1. The van der Waals surface area contributed by atoms with E-state index in [0.29, 0.717) is 6.54 Å². The molecule has 4 nitrogen and oxygen atoms in total. The SMILES string of the molecule is CC#CC(=O)NCCc1cn[nH]c1. The van der Waals surface area contributed by atoms with Crippen LogP contribution >= 0.6 is 0 Å². The Morgan fingerprint density at radius 2 is 2.62 bits per heavy atom. The van der Waals surface area contributed by atoms with Gasteiger partial charge >= 0.3 is 0 Å². The van der Waals surface area contributed by atoms with Crippen LogP contribution in [0.25, 0.3) is 0 Å². The summed E-state index contributed by atoms with van der Waals surface area (Å²) in [5.41, 5.74) is 1.07. The maximum Gasteiger partial charge on any atom is 0.295 e. The van der Waals surface area contributed by atoms with Crippen molar-refractivity contribution in [1.29, 1.82) is 0 Å². The number of rotatable bonds is 3. The minimum atomic E-state index is -0.231. The van der Waals surface area contributed by atoms with Crippen molar-refractivity contribution in [1.82, 2.24) is 15.5 Å². The zero-order chi connectivity index (χ0) is 9.52. The third kappa shape index (κ3) is 3.43. The highest BCUT2D eigenvalue weighted by Gasteiger charge is 1.95. The molecule has 13 heavy (non-hydrogen) atoms. The second kappa shape index (κ2) is 4.99. The van der Waals surface area contributed by atoms with Crippen LogP contribution in [-0.4, -0.2) is 22.6 Å². The number of H-pyrrole nitrogens is 1. The predicted octanol–water partition coefficient (Wildman–Crippen LogP) is 0.0917. The van der Waals surface area contributed by atoms with E-state index in [1.165, 1.54) is 0 Å². The molecule has 0 aromatic carbocycles. The van der Waals surface area contributed by atoms with Gasteiger partial charge in [-0.3, -0.25) is 9.89 Å². The lowest BCUT2D eigenvalue weighted by atomic mass is 10.2. The van der Waals surface area contributed by atoms with Crippen molar-refractivity contribution in [2.45, 2.75) is 13.3 Å². The quantitative estimate of drug-likeness (QED) is 0.643. The van der Waals surface area contributed by atoms with Crippen LogP contribution in [0.5, 0.6) is 0 Å². The Hall–Kier alpha value is -1.76. The van der Waals surface area contributed by atoms with E-state index in [4.69, 9.17) is 0 Å². The predicted molar refractivity (Wildman–Crippen MR) is 48.8 cm³/mol. The number of hydrogen-bond acceptors (Lipinski definition) is 2. The molecule has 0 unspecified atom stereocenters. The molecule has 1 heterocycles. The molecule has 0 saturated heterocycles. The summed E-state index contributed by atoms with van der Waals surface area (Å²) in [6.07, 6.45) is 4.31. The number of aromatic nitrogens is 2. The van der Waals surface area contributed by atoms with Gasteiger partial charge in [-0.15, -0.1) is 0 Å². The van der Waals surface area contributed by atoms with Crippen LogP contribution in [0.3, 0.4) is 0 Å². The van der Waals surface area contributed by atoms with Gasteiger partial charge in [0.15, 0.2) is 0 Å². The van der Waals surface area contributed by atoms with Gasteiger partial charge in [-0.25, -0.2) is 0 Å². The van der Waals surface area contributed by atoms with Crippen LogP contribution in [0, 0.1) is 11.8 Å². The third-order valence-corrected chi connectivity index (χ3v) is 1.49. The second-order valence-corrected chi connectivity index (χ2v) is 2.49. The topological polar surface area (TPSA) is 57.8 Å². The molecule has 0 aliphatic rings. The van der Waals surface area contributed by atoms with Crippen LogP contribution in [-0.2, 0) is 11.2 Å². The first kappa shape index (κ1) is 9.33. The lowest BCUT2D eigenvalue weighted by molar-refractivity contribution is -0.115. The Balaban J connectivity index is 2.20. The Bertz CT molecular complexity index is 318. The normalized spacial score (nSPS) is 8.69. The van der Waals surface area contributed by atoms with Gasteiger partial charge in [0.25, 0.3) is 5.91 Å². The number of carbonyl (C=O) groups is 1. The highest BCUT2D eigenvalue weighted by Crippen LogP contribution is 1.92. The molecular formula is C9H11N3O. The van der Waals surface area contributed by atoms with E-state index in [1.54, 1.807) is 19.3 Å². The van der Waals surface area contributed by atoms with Crippen LogP contribution in [0.4, 0.5) is 0 Å². The minimum absolute atomic E-state index is 0.231. The Labute approximate surface area is 76.7 Å². The van der Waals surface area contributed by atoms with Gasteiger partial charge in [-0.1, -0.05) is 5.92 Å². The molecule has 2 N–H and O–H groups in total. The van der Waals surface area contributed by atoms with Crippen molar-refractivity contribution in [3.05, 3.63) is 18.0 Å². The summed E-state index contributed by atoms with van der Waals surface area (Å²) in [6.45, 7) is 2.22. The van der Waals surface area contributed by atoms with Crippen molar-refractivity contribution >= 4 is 5.91 Å². The van der Waals surface area contributed by atoms with Crippen molar-refractivity contribution < 1.29 is 4.79 Å². The van der Waals surface area contributed by atoms with Crippen LogP contribution in [0.2, 0.25) is 0 Å². The molecule has 68 valence electrons. The molecule has 0 radical (unpaired) electrons. The van der Waals surface area contributed by atoms with Crippen LogP contribution < -0.4 is 5.32 Å². The first-order valence-corrected chi connectivity index (χ1v) is 4.01. The average molecular weight is 177 g/mol. The van der Waals surface area contributed by atoms with Gasteiger partial charge in [-0.2, -0.15) is 5.10 Å². The fourth-order valence-corrected chi connectivity index (χ4v) is 0.892. The summed E-state index contributed by atoms with van der Waals surface area (Å²) in [7, 11) is 0. The summed E-state index contributed by atoms with van der Waals surface area (Å²) in [4.78, 5) is 10.9. The van der Waals surface area contributed by atoms with Crippen LogP contribution in [0.1, 0.15) is 12.5 Å². The van der Waals surface area contributed by atoms with Gasteiger partial charge in [0, 0.05) is 12.7 Å². The van der Waals surface area contributed by atoms with Gasteiger partial charge in [0.1, 0.15) is 0 Å². The Morgan fingerprint density at radius 1 is 1.77 bits per heavy atom. The average Bonchev–Trinajstić information content (AvgIpc) is 2.57. The van der Waals surface area contributed by atoms with Crippen molar-refractivity contribution in [2.75, 3.05) is 6.54 Å². The first-order chi connectivity index (χ1) is 6.33. The lowest BCUT2D eigenvalue weighted by Crippen LogP contribution is -2.23. The largest absolute Gasteiger partial charge is 0.345 e. The molecule has 0 atom stereocenters. The molecule has 0 aliphatic carbocycles. The number of nitrogens with one attached hydrogen (secondary N) is 2. The summed E-state index contributed by atoms with van der Waals surface area (Å²) in [5.74, 6) is 4.70. The summed E-state index contributed by atoms with van der Waals surface area (Å²) in [6, 6.07) is 0. The lowest BCUT2D eigenvalue weighted by Gasteiger charge is -1.97. The maximum absolute atomic E-state index is 10.9. The Morgan fingerprint density at radius 3 is 3.23 bits per heavy atom. The smallest absolute Gasteiger partial charge is 0.295 e. The molecule has 1 amide bonds. The fraction of sp³-hybridized carbons (Fsp3) is 0.333. The molecule has 0 aliphatic heterocycles. The first-order valence-electron chi connectivity index (χ1n) is 4.01. The van der Waals surface area contributed by atoms with E-state index in [9.17, 15) is 4.79 Å². The second-order valence-electron chi connectivity index (χ2n) is 2.49. The van der Waals surface area contributed by atoms with Crippen molar-refractivity contribution in [3.8, 4) is 11.8 Å². The molecule has 0 fully saturated rings. The van der Waals surface area contributed by atoms with Crippen LogP contribution in [0.15, 0.2) is 12.4 Å². The number of carbonyl (C=O) groups excluding carboxylic acids is 1. The Kier molecular flexibility index (Phi) is 3.58. The van der Waals surface area contributed by atoms with Gasteiger partial charge in [-0.05, 0) is 24.8 Å². The fourth-order valence-electron chi connectivity index (χ4n) is 0.892. The molecule has 0 saturated carbocycles. The zero-order valence-corrected chi connectivity index (χ0v) is 7.42. The van der Waals surface area contributed by atoms with Gasteiger partial charge in [0.05, 0.1) is 6.20 Å².